The van der Waals surface area contributed by atoms with E-state index in [0.29, 0.717) is 12.2 Å². The van der Waals surface area contributed by atoms with E-state index in [4.69, 9.17) is 4.84 Å². The summed E-state index contributed by atoms with van der Waals surface area (Å²) in [7, 11) is 0. The lowest BCUT2D eigenvalue weighted by Gasteiger charge is -2.20. The molecule has 6 nitrogen and oxygen atoms in total. The van der Waals surface area contributed by atoms with Gasteiger partial charge >= 0.3 is 12.1 Å². The van der Waals surface area contributed by atoms with Gasteiger partial charge in [0.15, 0.2) is 0 Å². The fourth-order valence-electron chi connectivity index (χ4n) is 1.95. The Balaban J connectivity index is 2.05. The first-order chi connectivity index (χ1) is 11.8. The number of benzene rings is 1. The Hall–Kier alpha value is -2.42. The number of alkyl halides is 3. The third kappa shape index (κ3) is 5.28. The van der Waals surface area contributed by atoms with Crippen molar-refractivity contribution in [3.05, 3.63) is 35.7 Å². The molecule has 0 atom stereocenters. The van der Waals surface area contributed by atoms with Gasteiger partial charge in [-0.05, 0) is 12.0 Å². The molecule has 0 saturated heterocycles. The summed E-state index contributed by atoms with van der Waals surface area (Å²) in [6, 6.07) is 6.45. The third-order valence-corrected chi connectivity index (χ3v) is 3.30. The van der Waals surface area contributed by atoms with Crippen LogP contribution in [-0.2, 0) is 22.4 Å². The van der Waals surface area contributed by atoms with Gasteiger partial charge in [0.2, 0.25) is 11.7 Å². The number of amides is 1. The molecule has 1 aromatic carbocycles. The molecular weight excluding hydrogens is 339 g/mol. The van der Waals surface area contributed by atoms with E-state index in [-0.39, 0.29) is 18.3 Å². The first kappa shape index (κ1) is 18.9. The van der Waals surface area contributed by atoms with E-state index in [9.17, 15) is 18.0 Å². The molecule has 1 aromatic heterocycles. The van der Waals surface area contributed by atoms with E-state index in [0.717, 1.165) is 18.4 Å². The molecular formula is C16H18F3N3O3. The number of unbranched alkanes of at least 4 members (excludes halogenated alkanes) is 1. The maximum Gasteiger partial charge on any atom is 0.471 e. The van der Waals surface area contributed by atoms with Crippen LogP contribution < -0.4 is 0 Å². The van der Waals surface area contributed by atoms with Crippen LogP contribution in [0.25, 0.3) is 11.4 Å². The molecule has 0 radical (unpaired) electrons. The molecule has 1 amide bonds. The maximum absolute atomic E-state index is 12.5. The molecule has 25 heavy (non-hydrogen) atoms. The Kier molecular flexibility index (Phi) is 6.13. The van der Waals surface area contributed by atoms with E-state index in [2.05, 4.69) is 14.7 Å². The second kappa shape index (κ2) is 8.11. The van der Waals surface area contributed by atoms with Crippen molar-refractivity contribution in [1.82, 2.24) is 15.2 Å². The van der Waals surface area contributed by atoms with Crippen LogP contribution in [0.2, 0.25) is 0 Å². The summed E-state index contributed by atoms with van der Waals surface area (Å²) < 4.78 is 41.6. The van der Waals surface area contributed by atoms with Gasteiger partial charge in [-0.1, -0.05) is 42.8 Å². The highest BCUT2D eigenvalue weighted by Crippen LogP contribution is 2.29. The van der Waals surface area contributed by atoms with Crippen molar-refractivity contribution in [3.8, 4) is 11.4 Å². The third-order valence-electron chi connectivity index (χ3n) is 3.30. The number of aromatic nitrogens is 2. The van der Waals surface area contributed by atoms with Crippen LogP contribution in [0.3, 0.4) is 0 Å². The second-order valence-corrected chi connectivity index (χ2v) is 5.36. The number of hydrogen-bond donors (Lipinski definition) is 0. The average Bonchev–Trinajstić information content (AvgIpc) is 3.05. The van der Waals surface area contributed by atoms with Crippen LogP contribution in [-0.4, -0.2) is 27.7 Å². The van der Waals surface area contributed by atoms with Crippen molar-refractivity contribution < 1.29 is 27.3 Å². The van der Waals surface area contributed by atoms with E-state index in [1.165, 1.54) is 12.0 Å². The molecule has 0 N–H and O–H groups in total. The smallest absolute Gasteiger partial charge is 0.329 e. The Morgan fingerprint density at radius 1 is 1.28 bits per heavy atom. The van der Waals surface area contributed by atoms with Crippen molar-refractivity contribution in [3.63, 3.8) is 0 Å². The standard InChI is InChI=1S/C16H18F3N3O3/c1-3-4-9-24-22(11(2)23)10-12-5-7-13(8-6-12)14-20-15(25-21-14)16(17,18)19/h5-8H,3-4,9-10H2,1-2H3. The van der Waals surface area contributed by atoms with Crippen LogP contribution in [0.4, 0.5) is 13.2 Å². The second-order valence-electron chi connectivity index (χ2n) is 5.36. The minimum absolute atomic E-state index is 0.151. The number of carbonyl (C=O) groups excluding carboxylic acids is 1. The van der Waals surface area contributed by atoms with Crippen molar-refractivity contribution in [2.75, 3.05) is 6.61 Å². The molecule has 2 aromatic rings. The zero-order valence-electron chi connectivity index (χ0n) is 13.8. The Labute approximate surface area is 142 Å². The van der Waals surface area contributed by atoms with Gasteiger partial charge in [-0.25, -0.2) is 5.06 Å². The monoisotopic (exact) mass is 357 g/mol. The quantitative estimate of drug-likeness (QED) is 0.556. The van der Waals surface area contributed by atoms with Crippen molar-refractivity contribution in [2.45, 2.75) is 39.4 Å². The van der Waals surface area contributed by atoms with Crippen molar-refractivity contribution in [2.24, 2.45) is 0 Å². The minimum atomic E-state index is -4.68. The number of rotatable bonds is 7. The van der Waals surface area contributed by atoms with Crippen LogP contribution in [0.1, 0.15) is 38.1 Å². The molecule has 136 valence electrons. The summed E-state index contributed by atoms with van der Waals surface area (Å²) in [6.45, 7) is 4.09. The first-order valence-corrected chi connectivity index (χ1v) is 7.72. The minimum Gasteiger partial charge on any atom is -0.329 e. The molecule has 0 unspecified atom stereocenters. The molecule has 1 heterocycles. The summed E-state index contributed by atoms with van der Waals surface area (Å²) >= 11 is 0. The first-order valence-electron chi connectivity index (χ1n) is 7.72. The average molecular weight is 357 g/mol. The normalized spacial score (nSPS) is 11.6. The number of halogens is 3. The molecule has 2 rings (SSSR count). The van der Waals surface area contributed by atoms with Crippen LogP contribution in [0, 0.1) is 0 Å². The lowest BCUT2D eigenvalue weighted by molar-refractivity contribution is -0.188. The van der Waals surface area contributed by atoms with Gasteiger partial charge in [-0.15, -0.1) is 0 Å². The molecule has 0 aliphatic rings. The highest BCUT2D eigenvalue weighted by molar-refractivity contribution is 5.72. The fourth-order valence-corrected chi connectivity index (χ4v) is 1.95. The highest BCUT2D eigenvalue weighted by atomic mass is 19.4. The molecule has 0 bridgehead atoms. The zero-order chi connectivity index (χ0) is 18.4. The van der Waals surface area contributed by atoms with E-state index in [1.54, 1.807) is 24.3 Å². The summed E-state index contributed by atoms with van der Waals surface area (Å²) in [5.74, 6) is -1.77. The predicted molar refractivity (Wildman–Crippen MR) is 81.8 cm³/mol. The topological polar surface area (TPSA) is 68.5 Å². The molecule has 0 saturated carbocycles. The van der Waals surface area contributed by atoms with Gasteiger partial charge in [0, 0.05) is 12.5 Å². The number of hydroxylamine groups is 2. The van der Waals surface area contributed by atoms with E-state index in [1.807, 2.05) is 6.92 Å². The van der Waals surface area contributed by atoms with E-state index >= 15 is 0 Å². The van der Waals surface area contributed by atoms with Gasteiger partial charge in [0.05, 0.1) is 13.2 Å². The van der Waals surface area contributed by atoms with Gasteiger partial charge in [0.25, 0.3) is 0 Å². The molecule has 0 aliphatic heterocycles. The SMILES string of the molecule is CCCCON(Cc1ccc(-c2noc(C(F)(F)F)n2)cc1)C(C)=O. The van der Waals surface area contributed by atoms with Gasteiger partial charge in [-0.3, -0.25) is 9.63 Å². The fraction of sp³-hybridized carbons (Fsp3) is 0.438. The molecule has 9 heteroatoms. The number of carbonyl (C=O) groups is 1. The summed E-state index contributed by atoms with van der Waals surface area (Å²) in [6.07, 6.45) is -2.89. The molecule has 0 aliphatic carbocycles. The molecule has 0 spiro atoms. The lowest BCUT2D eigenvalue weighted by Crippen LogP contribution is -2.28. The van der Waals surface area contributed by atoms with Gasteiger partial charge in [0.1, 0.15) is 0 Å². The van der Waals surface area contributed by atoms with Crippen LogP contribution >= 0.6 is 0 Å². The molecule has 0 fully saturated rings. The zero-order valence-corrected chi connectivity index (χ0v) is 13.8. The number of nitrogens with zero attached hydrogens (tertiary/aromatic N) is 3. The maximum atomic E-state index is 12.5. The largest absolute Gasteiger partial charge is 0.471 e. The Morgan fingerprint density at radius 2 is 1.96 bits per heavy atom. The Bertz CT molecular complexity index is 699. The lowest BCUT2D eigenvalue weighted by atomic mass is 10.1. The summed E-state index contributed by atoms with van der Waals surface area (Å²) in [5.41, 5.74) is 1.14. The van der Waals surface area contributed by atoms with Crippen molar-refractivity contribution in [1.29, 1.82) is 0 Å². The Morgan fingerprint density at radius 3 is 2.48 bits per heavy atom. The summed E-state index contributed by atoms with van der Waals surface area (Å²) in [5, 5.41) is 4.58. The predicted octanol–water partition coefficient (Wildman–Crippen LogP) is 3.84. The van der Waals surface area contributed by atoms with Crippen molar-refractivity contribution >= 4 is 5.91 Å². The van der Waals surface area contributed by atoms with Gasteiger partial charge < -0.3 is 4.52 Å². The highest BCUT2D eigenvalue weighted by Gasteiger charge is 2.38. The van der Waals surface area contributed by atoms with E-state index < -0.39 is 12.1 Å². The van der Waals surface area contributed by atoms with Gasteiger partial charge in [-0.2, -0.15) is 18.2 Å². The summed E-state index contributed by atoms with van der Waals surface area (Å²) in [4.78, 5) is 20.3. The number of hydrogen-bond acceptors (Lipinski definition) is 5. The van der Waals surface area contributed by atoms with Crippen LogP contribution in [0.15, 0.2) is 28.8 Å². The van der Waals surface area contributed by atoms with Crippen LogP contribution in [0.5, 0.6) is 0 Å².